The standard InChI is InChI=1S/C19H20FN5O3S/c20-17-5-2-1-4-15(17)14-29(26,27)24-12-8-16(9-13-24)28-19-7-6-18(22-23-19)25-11-3-10-21-25/h1-7,10-11,16H,8-9,12-14H2. The van der Waals surface area contributed by atoms with Crippen molar-refractivity contribution in [3.05, 3.63) is 66.2 Å². The molecule has 8 nitrogen and oxygen atoms in total. The molecule has 0 atom stereocenters. The summed E-state index contributed by atoms with van der Waals surface area (Å²) in [6, 6.07) is 11.2. The molecule has 1 fully saturated rings. The fourth-order valence-corrected chi connectivity index (χ4v) is 4.78. The van der Waals surface area contributed by atoms with E-state index in [2.05, 4.69) is 15.3 Å². The molecule has 4 rings (SSSR count). The third-order valence-corrected chi connectivity index (χ3v) is 6.57. The van der Waals surface area contributed by atoms with Crippen LogP contribution in [0.1, 0.15) is 18.4 Å². The van der Waals surface area contributed by atoms with Crippen LogP contribution in [-0.4, -0.2) is 51.9 Å². The van der Waals surface area contributed by atoms with Gasteiger partial charge in [-0.15, -0.1) is 10.2 Å². The molecule has 1 aromatic carbocycles. The van der Waals surface area contributed by atoms with E-state index < -0.39 is 15.8 Å². The third kappa shape index (κ3) is 4.60. The zero-order valence-electron chi connectivity index (χ0n) is 15.6. The minimum Gasteiger partial charge on any atom is -0.473 e. The van der Waals surface area contributed by atoms with E-state index in [0.717, 1.165) is 0 Å². The highest BCUT2D eigenvalue weighted by Gasteiger charge is 2.29. The van der Waals surface area contributed by atoms with Crippen molar-refractivity contribution < 1.29 is 17.5 Å². The molecule has 1 aliphatic heterocycles. The summed E-state index contributed by atoms with van der Waals surface area (Å²) in [7, 11) is -3.59. The molecule has 3 aromatic rings. The van der Waals surface area contributed by atoms with E-state index in [1.165, 1.54) is 16.4 Å². The molecule has 10 heteroatoms. The van der Waals surface area contributed by atoms with Gasteiger partial charge in [0.25, 0.3) is 0 Å². The minimum absolute atomic E-state index is 0.153. The number of nitrogens with zero attached hydrogens (tertiary/aromatic N) is 5. The zero-order chi connectivity index (χ0) is 20.3. The number of piperidine rings is 1. The van der Waals surface area contributed by atoms with E-state index in [4.69, 9.17) is 4.74 Å². The molecule has 2 aromatic heterocycles. The summed E-state index contributed by atoms with van der Waals surface area (Å²) in [5, 5.41) is 12.2. The van der Waals surface area contributed by atoms with Crippen LogP contribution in [0.5, 0.6) is 5.88 Å². The first-order valence-corrected chi connectivity index (χ1v) is 10.8. The van der Waals surface area contributed by atoms with Crippen molar-refractivity contribution in [2.75, 3.05) is 13.1 Å². The van der Waals surface area contributed by atoms with Crippen LogP contribution in [-0.2, 0) is 15.8 Å². The van der Waals surface area contributed by atoms with Crippen LogP contribution in [0.4, 0.5) is 4.39 Å². The first-order chi connectivity index (χ1) is 14.0. The van der Waals surface area contributed by atoms with Crippen LogP contribution in [0, 0.1) is 5.82 Å². The first-order valence-electron chi connectivity index (χ1n) is 9.23. The van der Waals surface area contributed by atoms with E-state index in [1.54, 1.807) is 47.4 Å². The Hall–Kier alpha value is -2.85. The predicted molar refractivity (Wildman–Crippen MR) is 103 cm³/mol. The van der Waals surface area contributed by atoms with Crippen LogP contribution in [0.25, 0.3) is 5.82 Å². The predicted octanol–water partition coefficient (Wildman–Crippen LogP) is 2.17. The number of halogens is 1. The molecule has 3 heterocycles. The molecule has 29 heavy (non-hydrogen) atoms. The molecule has 0 saturated carbocycles. The number of hydrogen-bond donors (Lipinski definition) is 0. The molecule has 0 bridgehead atoms. The first kappa shape index (κ1) is 19.5. The second-order valence-electron chi connectivity index (χ2n) is 6.74. The Morgan fingerprint density at radius 3 is 2.52 bits per heavy atom. The quantitative estimate of drug-likeness (QED) is 0.611. The number of aromatic nitrogens is 4. The Labute approximate surface area is 168 Å². The largest absolute Gasteiger partial charge is 0.473 e. The lowest BCUT2D eigenvalue weighted by atomic mass is 10.1. The summed E-state index contributed by atoms with van der Waals surface area (Å²) in [5.41, 5.74) is 0.179. The maximum atomic E-state index is 13.8. The van der Waals surface area contributed by atoms with Gasteiger partial charge in [-0.25, -0.2) is 21.8 Å². The van der Waals surface area contributed by atoms with Crippen molar-refractivity contribution >= 4 is 10.0 Å². The van der Waals surface area contributed by atoms with Crippen molar-refractivity contribution in [2.45, 2.75) is 24.7 Å². The van der Waals surface area contributed by atoms with E-state index in [0.29, 0.717) is 37.6 Å². The van der Waals surface area contributed by atoms with Gasteiger partial charge in [0.05, 0.1) is 5.75 Å². The van der Waals surface area contributed by atoms with Gasteiger partial charge in [-0.1, -0.05) is 18.2 Å². The topological polar surface area (TPSA) is 90.2 Å². The lowest BCUT2D eigenvalue weighted by Gasteiger charge is -2.31. The molecule has 1 saturated heterocycles. The summed E-state index contributed by atoms with van der Waals surface area (Å²) in [5.74, 6) is 0.113. The number of sulfonamides is 1. The van der Waals surface area contributed by atoms with Crippen LogP contribution in [0.15, 0.2) is 54.9 Å². The number of ether oxygens (including phenoxy) is 1. The number of benzene rings is 1. The van der Waals surface area contributed by atoms with E-state index in [9.17, 15) is 12.8 Å². The van der Waals surface area contributed by atoms with E-state index >= 15 is 0 Å². The molecule has 0 unspecified atom stereocenters. The summed E-state index contributed by atoms with van der Waals surface area (Å²) in [4.78, 5) is 0. The van der Waals surface area contributed by atoms with Gasteiger partial charge in [-0.05, 0) is 31.0 Å². The normalized spacial score (nSPS) is 16.0. The molecule has 1 aliphatic rings. The highest BCUT2D eigenvalue weighted by molar-refractivity contribution is 7.88. The maximum Gasteiger partial charge on any atom is 0.233 e. The molecule has 0 spiro atoms. The highest BCUT2D eigenvalue weighted by Crippen LogP contribution is 2.22. The molecule has 0 radical (unpaired) electrons. The second kappa shape index (κ2) is 8.26. The molecular formula is C19H20FN5O3S. The maximum absolute atomic E-state index is 13.8. The van der Waals surface area contributed by atoms with Crippen LogP contribution < -0.4 is 4.74 Å². The SMILES string of the molecule is O=S(=O)(Cc1ccccc1F)N1CCC(Oc2ccc(-n3cccn3)nn2)CC1. The van der Waals surface area contributed by atoms with Gasteiger partial charge in [0.15, 0.2) is 5.82 Å². The van der Waals surface area contributed by atoms with Gasteiger partial charge in [0, 0.05) is 37.1 Å². The molecule has 0 aliphatic carbocycles. The van der Waals surface area contributed by atoms with Gasteiger partial charge in [0.1, 0.15) is 11.9 Å². The molecule has 0 N–H and O–H groups in total. The Balaban J connectivity index is 1.33. The Kier molecular flexibility index (Phi) is 5.54. The van der Waals surface area contributed by atoms with Gasteiger partial charge in [-0.3, -0.25) is 0 Å². The monoisotopic (exact) mass is 417 g/mol. The zero-order valence-corrected chi connectivity index (χ0v) is 16.4. The Bertz CT molecular complexity index is 1050. The molecule has 152 valence electrons. The van der Waals surface area contributed by atoms with E-state index in [-0.39, 0.29) is 17.4 Å². The summed E-state index contributed by atoms with van der Waals surface area (Å²) in [6.45, 7) is 0.639. The molecule has 0 amide bonds. The van der Waals surface area contributed by atoms with Gasteiger partial charge < -0.3 is 4.74 Å². The van der Waals surface area contributed by atoms with Gasteiger partial charge >= 0.3 is 0 Å². The van der Waals surface area contributed by atoms with Crippen LogP contribution in [0.2, 0.25) is 0 Å². The lowest BCUT2D eigenvalue weighted by molar-refractivity contribution is 0.128. The fraction of sp³-hybridized carbons (Fsp3) is 0.316. The van der Waals surface area contributed by atoms with Crippen LogP contribution in [0.3, 0.4) is 0 Å². The number of rotatable bonds is 6. The summed E-state index contributed by atoms with van der Waals surface area (Å²) < 4.78 is 47.8. The van der Waals surface area contributed by atoms with Crippen molar-refractivity contribution in [1.82, 2.24) is 24.3 Å². The fourth-order valence-electron chi connectivity index (χ4n) is 3.20. The van der Waals surface area contributed by atoms with E-state index in [1.807, 2.05) is 0 Å². The smallest absolute Gasteiger partial charge is 0.233 e. The van der Waals surface area contributed by atoms with Crippen molar-refractivity contribution in [3.63, 3.8) is 0 Å². The minimum atomic E-state index is -3.59. The lowest BCUT2D eigenvalue weighted by Crippen LogP contribution is -2.42. The van der Waals surface area contributed by atoms with Crippen molar-refractivity contribution in [3.8, 4) is 11.7 Å². The number of hydrogen-bond acceptors (Lipinski definition) is 6. The van der Waals surface area contributed by atoms with Gasteiger partial charge in [0.2, 0.25) is 15.9 Å². The summed E-state index contributed by atoms with van der Waals surface area (Å²) >= 11 is 0. The Morgan fingerprint density at radius 2 is 1.86 bits per heavy atom. The average molecular weight is 417 g/mol. The van der Waals surface area contributed by atoms with Crippen molar-refractivity contribution in [1.29, 1.82) is 0 Å². The summed E-state index contributed by atoms with van der Waals surface area (Å²) in [6.07, 6.45) is 4.32. The van der Waals surface area contributed by atoms with Gasteiger partial charge in [-0.2, -0.15) is 5.10 Å². The molecular weight excluding hydrogens is 397 g/mol. The van der Waals surface area contributed by atoms with Crippen LogP contribution >= 0.6 is 0 Å². The average Bonchev–Trinajstić information content (AvgIpc) is 3.26. The van der Waals surface area contributed by atoms with Crippen molar-refractivity contribution in [2.24, 2.45) is 0 Å². The second-order valence-corrected chi connectivity index (χ2v) is 8.71. The Morgan fingerprint density at radius 1 is 1.07 bits per heavy atom. The highest BCUT2D eigenvalue weighted by atomic mass is 32.2. The third-order valence-electron chi connectivity index (χ3n) is 4.74.